The average molecular weight is 465 g/mol. The van der Waals surface area contributed by atoms with Gasteiger partial charge in [0.25, 0.3) is 0 Å². The van der Waals surface area contributed by atoms with Gasteiger partial charge in [-0.3, -0.25) is 4.79 Å². The third kappa shape index (κ3) is 5.62. The summed E-state index contributed by atoms with van der Waals surface area (Å²) in [6, 6.07) is 19.8. The van der Waals surface area contributed by atoms with E-state index in [0.29, 0.717) is 13.1 Å². The van der Waals surface area contributed by atoms with Crippen molar-refractivity contribution in [2.45, 2.75) is 0 Å². The van der Waals surface area contributed by atoms with Crippen molar-refractivity contribution in [3.63, 3.8) is 0 Å². The first-order valence-corrected chi connectivity index (χ1v) is 8.42. The number of rotatable bonds is 4. The smallest absolute Gasteiger partial charge is 0.244 e. The van der Waals surface area contributed by atoms with Crippen molar-refractivity contribution in [2.75, 3.05) is 42.9 Å². The van der Waals surface area contributed by atoms with Crippen molar-refractivity contribution in [2.24, 2.45) is 10.7 Å². The highest BCUT2D eigenvalue weighted by Gasteiger charge is 2.20. The summed E-state index contributed by atoms with van der Waals surface area (Å²) in [6.45, 7) is 3.13. The SMILES string of the molecule is I.NC(=NCC(=O)N1CCN(c2ccccc2)CC1)Nc1ccccc1. The molecule has 0 bridgehead atoms. The number of piperazine rings is 1. The molecule has 0 unspecified atom stereocenters. The zero-order valence-electron chi connectivity index (χ0n) is 14.5. The first-order chi connectivity index (χ1) is 12.2. The molecule has 3 rings (SSSR count). The summed E-state index contributed by atoms with van der Waals surface area (Å²) in [7, 11) is 0. The van der Waals surface area contributed by atoms with Gasteiger partial charge in [-0.15, -0.1) is 24.0 Å². The summed E-state index contributed by atoms with van der Waals surface area (Å²) in [5.41, 5.74) is 7.89. The maximum absolute atomic E-state index is 12.3. The summed E-state index contributed by atoms with van der Waals surface area (Å²) in [5.74, 6) is 0.257. The van der Waals surface area contributed by atoms with E-state index in [2.05, 4.69) is 27.3 Å². The number of amides is 1. The number of para-hydroxylation sites is 2. The first-order valence-electron chi connectivity index (χ1n) is 8.42. The maximum Gasteiger partial charge on any atom is 0.244 e. The highest BCUT2D eigenvalue weighted by molar-refractivity contribution is 14.0. The van der Waals surface area contributed by atoms with Crippen LogP contribution < -0.4 is 16.0 Å². The van der Waals surface area contributed by atoms with Crippen LogP contribution in [-0.4, -0.2) is 49.5 Å². The van der Waals surface area contributed by atoms with Crippen LogP contribution in [0.5, 0.6) is 0 Å². The molecule has 1 amide bonds. The van der Waals surface area contributed by atoms with Gasteiger partial charge in [0, 0.05) is 37.6 Å². The molecule has 1 fully saturated rings. The molecule has 3 N–H and O–H groups in total. The molecule has 0 radical (unpaired) electrons. The van der Waals surface area contributed by atoms with Crippen LogP contribution in [0.2, 0.25) is 0 Å². The predicted octanol–water partition coefficient (Wildman–Crippen LogP) is 2.38. The van der Waals surface area contributed by atoms with Crippen LogP contribution in [-0.2, 0) is 4.79 Å². The van der Waals surface area contributed by atoms with E-state index in [-0.39, 0.29) is 42.4 Å². The molecule has 2 aromatic carbocycles. The Labute approximate surface area is 171 Å². The lowest BCUT2D eigenvalue weighted by Crippen LogP contribution is -2.49. The van der Waals surface area contributed by atoms with Crippen molar-refractivity contribution < 1.29 is 4.79 Å². The second-order valence-electron chi connectivity index (χ2n) is 5.90. The first kappa shape index (κ1) is 20.0. The minimum absolute atomic E-state index is 0. The van der Waals surface area contributed by atoms with Gasteiger partial charge in [0.15, 0.2) is 5.96 Å². The molecule has 1 saturated heterocycles. The average Bonchev–Trinajstić information content (AvgIpc) is 2.68. The van der Waals surface area contributed by atoms with E-state index < -0.39 is 0 Å². The van der Waals surface area contributed by atoms with Crippen molar-refractivity contribution >= 4 is 47.2 Å². The van der Waals surface area contributed by atoms with Gasteiger partial charge in [-0.05, 0) is 24.3 Å². The minimum Gasteiger partial charge on any atom is -0.370 e. The van der Waals surface area contributed by atoms with Crippen molar-refractivity contribution in [1.82, 2.24) is 4.90 Å². The Morgan fingerprint density at radius 2 is 1.54 bits per heavy atom. The zero-order valence-corrected chi connectivity index (χ0v) is 16.9. The summed E-state index contributed by atoms with van der Waals surface area (Å²) in [6.07, 6.45) is 0. The molecule has 26 heavy (non-hydrogen) atoms. The molecule has 0 atom stereocenters. The lowest BCUT2D eigenvalue weighted by atomic mass is 10.2. The summed E-state index contributed by atoms with van der Waals surface area (Å²) in [5, 5.41) is 2.98. The van der Waals surface area contributed by atoms with E-state index in [0.717, 1.165) is 18.8 Å². The number of halogens is 1. The number of hydrogen-bond acceptors (Lipinski definition) is 3. The Bertz CT molecular complexity index is 715. The number of guanidine groups is 1. The van der Waals surface area contributed by atoms with Crippen molar-refractivity contribution in [1.29, 1.82) is 0 Å². The minimum atomic E-state index is 0. The largest absolute Gasteiger partial charge is 0.370 e. The third-order valence-corrected chi connectivity index (χ3v) is 4.18. The topological polar surface area (TPSA) is 74.0 Å². The van der Waals surface area contributed by atoms with Crippen LogP contribution in [0.25, 0.3) is 0 Å². The van der Waals surface area contributed by atoms with Gasteiger partial charge in [-0.2, -0.15) is 0 Å². The number of carbonyl (C=O) groups is 1. The molecular formula is C19H24IN5O. The Morgan fingerprint density at radius 1 is 0.962 bits per heavy atom. The van der Waals surface area contributed by atoms with E-state index in [4.69, 9.17) is 5.73 Å². The van der Waals surface area contributed by atoms with E-state index in [9.17, 15) is 4.79 Å². The highest BCUT2D eigenvalue weighted by Crippen LogP contribution is 2.15. The lowest BCUT2D eigenvalue weighted by Gasteiger charge is -2.35. The van der Waals surface area contributed by atoms with Gasteiger partial charge in [-0.1, -0.05) is 36.4 Å². The van der Waals surface area contributed by atoms with Gasteiger partial charge < -0.3 is 20.9 Å². The number of hydrogen-bond donors (Lipinski definition) is 2. The van der Waals surface area contributed by atoms with Gasteiger partial charge in [-0.25, -0.2) is 4.99 Å². The van der Waals surface area contributed by atoms with Gasteiger partial charge in [0.1, 0.15) is 6.54 Å². The zero-order chi connectivity index (χ0) is 17.5. The standard InChI is InChI=1S/C19H23N5O.HI/c20-19(22-16-7-3-1-4-8-16)21-15-18(25)24-13-11-23(12-14-24)17-9-5-2-6-10-17;/h1-10H,11-15H2,(H3,20,21,22);1H. The number of nitrogens with two attached hydrogens (primary N) is 1. The van der Waals surface area contributed by atoms with Crippen LogP contribution >= 0.6 is 24.0 Å². The Kier molecular flexibility index (Phi) is 7.71. The van der Waals surface area contributed by atoms with Gasteiger partial charge >= 0.3 is 0 Å². The number of aliphatic imine (C=N–C) groups is 1. The van der Waals surface area contributed by atoms with E-state index in [1.54, 1.807) is 0 Å². The molecule has 7 heteroatoms. The summed E-state index contributed by atoms with van der Waals surface area (Å²) < 4.78 is 0. The van der Waals surface area contributed by atoms with Crippen molar-refractivity contribution in [3.8, 4) is 0 Å². The molecule has 6 nitrogen and oxygen atoms in total. The van der Waals surface area contributed by atoms with E-state index >= 15 is 0 Å². The number of anilines is 2. The molecule has 0 aliphatic carbocycles. The van der Waals surface area contributed by atoms with Crippen molar-refractivity contribution in [3.05, 3.63) is 60.7 Å². The molecule has 1 heterocycles. The number of nitrogens with zero attached hydrogens (tertiary/aromatic N) is 3. The monoisotopic (exact) mass is 465 g/mol. The molecule has 2 aromatic rings. The Morgan fingerprint density at radius 3 is 2.15 bits per heavy atom. The number of benzene rings is 2. The number of nitrogens with one attached hydrogen (secondary N) is 1. The molecule has 1 aliphatic rings. The van der Waals surface area contributed by atoms with E-state index in [1.807, 2.05) is 53.4 Å². The summed E-state index contributed by atoms with van der Waals surface area (Å²) in [4.78, 5) is 20.6. The molecule has 0 spiro atoms. The molecular weight excluding hydrogens is 441 g/mol. The third-order valence-electron chi connectivity index (χ3n) is 4.18. The van der Waals surface area contributed by atoms with Crippen LogP contribution in [0.4, 0.5) is 11.4 Å². The molecule has 0 saturated carbocycles. The van der Waals surface area contributed by atoms with Crippen LogP contribution in [0.15, 0.2) is 65.7 Å². The van der Waals surface area contributed by atoms with Gasteiger partial charge in [0.2, 0.25) is 5.91 Å². The predicted molar refractivity (Wildman–Crippen MR) is 117 cm³/mol. The van der Waals surface area contributed by atoms with Crippen LogP contribution in [0.1, 0.15) is 0 Å². The quantitative estimate of drug-likeness (QED) is 0.413. The second kappa shape index (κ2) is 10.0. The van der Waals surface area contributed by atoms with E-state index in [1.165, 1.54) is 5.69 Å². The lowest BCUT2D eigenvalue weighted by molar-refractivity contribution is -0.129. The van der Waals surface area contributed by atoms with Gasteiger partial charge in [0.05, 0.1) is 0 Å². The Balaban J connectivity index is 0.00000243. The normalized spacial score (nSPS) is 14.5. The molecule has 0 aromatic heterocycles. The Hall–Kier alpha value is -2.29. The summed E-state index contributed by atoms with van der Waals surface area (Å²) >= 11 is 0. The second-order valence-corrected chi connectivity index (χ2v) is 5.90. The maximum atomic E-state index is 12.3. The molecule has 1 aliphatic heterocycles. The number of carbonyl (C=O) groups excluding carboxylic acids is 1. The fourth-order valence-electron chi connectivity index (χ4n) is 2.81. The van der Waals surface area contributed by atoms with Crippen LogP contribution in [0, 0.1) is 0 Å². The highest BCUT2D eigenvalue weighted by atomic mass is 127. The van der Waals surface area contributed by atoms with Crippen LogP contribution in [0.3, 0.4) is 0 Å². The molecule has 138 valence electrons. The fraction of sp³-hybridized carbons (Fsp3) is 0.263. The fourth-order valence-corrected chi connectivity index (χ4v) is 2.81.